The Bertz CT molecular complexity index is 504. The molecular weight excluding hydrogens is 254 g/mol. The van der Waals surface area contributed by atoms with Crippen LogP contribution in [0.2, 0.25) is 0 Å². The molecule has 7 heteroatoms. The molecule has 1 rings (SSSR count). The first-order valence-corrected chi connectivity index (χ1v) is 5.60. The first-order valence-electron chi connectivity index (χ1n) is 5.60. The Hall–Kier alpha value is -2.31. The van der Waals surface area contributed by atoms with Crippen LogP contribution in [0.15, 0.2) is 10.5 Å². The molecule has 0 spiro atoms. The fraction of sp³-hybridized carbons (Fsp3) is 0.417. The summed E-state index contributed by atoms with van der Waals surface area (Å²) in [5.41, 5.74) is 0.206. The van der Waals surface area contributed by atoms with Crippen LogP contribution in [0, 0.1) is 13.8 Å². The van der Waals surface area contributed by atoms with E-state index in [-0.39, 0.29) is 12.0 Å². The molecule has 0 radical (unpaired) electrons. The molecule has 0 aliphatic rings. The predicted molar refractivity (Wildman–Crippen MR) is 58.7 cm³/mol. The number of hydrogen-bond donors (Lipinski definition) is 1. The molecule has 7 nitrogen and oxygen atoms in total. The van der Waals surface area contributed by atoms with Gasteiger partial charge in [-0.1, -0.05) is 0 Å². The van der Waals surface area contributed by atoms with E-state index in [0.29, 0.717) is 11.5 Å². The standard InChI is InChI=1S/C12H15NO6/c1-6-5-8(7(2)19-6)11(16)13-9(12(17)18)3-4-10(14)15/h5,9H,3-4H2,1-2H3,(H,13,16)(H,14,15)(H,17,18)/p-2/t9-/m1/s1. The number of furan rings is 1. The van der Waals surface area contributed by atoms with Crippen LogP contribution < -0.4 is 15.5 Å². The van der Waals surface area contributed by atoms with E-state index in [4.69, 9.17) is 4.42 Å². The molecule has 1 atom stereocenters. The minimum Gasteiger partial charge on any atom is -0.550 e. The Kier molecular flexibility index (Phi) is 4.68. The lowest BCUT2D eigenvalue weighted by Crippen LogP contribution is -2.48. The van der Waals surface area contributed by atoms with E-state index in [0.717, 1.165) is 0 Å². The number of carbonyl (C=O) groups is 3. The molecule has 0 fully saturated rings. The molecule has 0 aromatic carbocycles. The molecule has 0 saturated heterocycles. The van der Waals surface area contributed by atoms with Gasteiger partial charge in [0.2, 0.25) is 0 Å². The summed E-state index contributed by atoms with van der Waals surface area (Å²) in [5.74, 6) is -2.72. The van der Waals surface area contributed by atoms with Crippen molar-refractivity contribution in [3.05, 3.63) is 23.2 Å². The fourth-order valence-electron chi connectivity index (χ4n) is 1.60. The second-order valence-corrected chi connectivity index (χ2v) is 4.08. The third-order valence-electron chi connectivity index (χ3n) is 2.51. The van der Waals surface area contributed by atoms with Crippen LogP contribution in [0.25, 0.3) is 0 Å². The second-order valence-electron chi connectivity index (χ2n) is 4.08. The van der Waals surface area contributed by atoms with Crippen LogP contribution in [0.3, 0.4) is 0 Å². The topological polar surface area (TPSA) is 123 Å². The summed E-state index contributed by atoms with van der Waals surface area (Å²) in [4.78, 5) is 32.9. The largest absolute Gasteiger partial charge is 0.550 e. The smallest absolute Gasteiger partial charge is 0.255 e. The van der Waals surface area contributed by atoms with Crippen LogP contribution in [0.5, 0.6) is 0 Å². The van der Waals surface area contributed by atoms with Crippen molar-refractivity contribution < 1.29 is 29.0 Å². The zero-order valence-electron chi connectivity index (χ0n) is 10.5. The maximum absolute atomic E-state index is 11.8. The van der Waals surface area contributed by atoms with Gasteiger partial charge in [-0.3, -0.25) is 4.79 Å². The van der Waals surface area contributed by atoms with Gasteiger partial charge in [0, 0.05) is 5.97 Å². The number of rotatable bonds is 6. The van der Waals surface area contributed by atoms with Crippen LogP contribution in [0.1, 0.15) is 34.7 Å². The van der Waals surface area contributed by atoms with Crippen LogP contribution in [-0.2, 0) is 9.59 Å². The van der Waals surface area contributed by atoms with Crippen LogP contribution in [-0.4, -0.2) is 23.9 Å². The van der Waals surface area contributed by atoms with Crippen molar-refractivity contribution in [1.82, 2.24) is 5.32 Å². The van der Waals surface area contributed by atoms with Crippen LogP contribution in [0.4, 0.5) is 0 Å². The Morgan fingerprint density at radius 3 is 2.37 bits per heavy atom. The SMILES string of the molecule is Cc1cc(C(=O)N[C@H](CCC(=O)[O-])C(=O)[O-])c(C)o1. The van der Waals surface area contributed by atoms with E-state index < -0.39 is 30.3 Å². The number of hydrogen-bond acceptors (Lipinski definition) is 6. The maximum Gasteiger partial charge on any atom is 0.255 e. The summed E-state index contributed by atoms with van der Waals surface area (Å²) in [5, 5.41) is 23.3. The van der Waals surface area contributed by atoms with E-state index in [2.05, 4.69) is 5.32 Å². The molecule has 1 amide bonds. The van der Waals surface area contributed by atoms with Gasteiger partial charge in [0.05, 0.1) is 17.6 Å². The van der Waals surface area contributed by atoms with Gasteiger partial charge in [-0.25, -0.2) is 0 Å². The van der Waals surface area contributed by atoms with Gasteiger partial charge in [0.15, 0.2) is 0 Å². The number of aryl methyl sites for hydroxylation is 2. The molecule has 0 aliphatic heterocycles. The molecule has 104 valence electrons. The average Bonchev–Trinajstić information content (AvgIpc) is 2.62. The molecular formula is C12H13NO6-2. The Balaban J connectivity index is 2.74. The predicted octanol–water partition coefficient (Wildman–Crippen LogP) is -1.73. The third-order valence-corrected chi connectivity index (χ3v) is 2.51. The lowest BCUT2D eigenvalue weighted by atomic mass is 10.1. The van der Waals surface area contributed by atoms with Gasteiger partial charge < -0.3 is 29.5 Å². The maximum atomic E-state index is 11.8. The lowest BCUT2D eigenvalue weighted by Gasteiger charge is -2.19. The highest BCUT2D eigenvalue weighted by Gasteiger charge is 2.18. The first-order chi connectivity index (χ1) is 8.81. The number of carboxylic acids is 2. The van der Waals surface area contributed by atoms with Gasteiger partial charge in [-0.05, 0) is 32.8 Å². The number of aliphatic carboxylic acids is 2. The quantitative estimate of drug-likeness (QED) is 0.653. The Morgan fingerprint density at radius 1 is 1.32 bits per heavy atom. The normalized spacial score (nSPS) is 11.9. The minimum absolute atomic E-state index is 0.206. The van der Waals surface area contributed by atoms with Crippen molar-refractivity contribution in [3.63, 3.8) is 0 Å². The zero-order chi connectivity index (χ0) is 14.6. The van der Waals surface area contributed by atoms with E-state index in [1.165, 1.54) is 6.07 Å². The molecule has 1 aromatic rings. The number of nitrogens with one attached hydrogen (secondary N) is 1. The van der Waals surface area contributed by atoms with E-state index >= 15 is 0 Å². The van der Waals surface area contributed by atoms with Crippen molar-refractivity contribution >= 4 is 17.8 Å². The molecule has 0 aliphatic carbocycles. The summed E-state index contributed by atoms with van der Waals surface area (Å²) in [6.45, 7) is 3.22. The van der Waals surface area contributed by atoms with Gasteiger partial charge in [-0.2, -0.15) is 0 Å². The van der Waals surface area contributed by atoms with Gasteiger partial charge in [0.1, 0.15) is 11.5 Å². The Labute approximate surface area is 109 Å². The summed E-state index contributed by atoms with van der Waals surface area (Å²) < 4.78 is 5.15. The zero-order valence-corrected chi connectivity index (χ0v) is 10.5. The molecule has 1 N–H and O–H groups in total. The van der Waals surface area contributed by atoms with Crippen molar-refractivity contribution in [2.75, 3.05) is 0 Å². The number of amides is 1. The lowest BCUT2D eigenvalue weighted by molar-refractivity contribution is -0.309. The van der Waals surface area contributed by atoms with Crippen molar-refractivity contribution in [2.24, 2.45) is 0 Å². The van der Waals surface area contributed by atoms with Gasteiger partial charge in [0.25, 0.3) is 5.91 Å². The molecule has 1 aromatic heterocycles. The molecule has 0 saturated carbocycles. The number of carboxylic acid groups (broad SMARTS) is 2. The van der Waals surface area contributed by atoms with E-state index in [9.17, 15) is 24.6 Å². The Morgan fingerprint density at radius 2 is 1.95 bits per heavy atom. The van der Waals surface area contributed by atoms with E-state index in [1.54, 1.807) is 13.8 Å². The molecule has 0 bridgehead atoms. The van der Waals surface area contributed by atoms with E-state index in [1.807, 2.05) is 0 Å². The van der Waals surface area contributed by atoms with Crippen LogP contribution >= 0.6 is 0 Å². The van der Waals surface area contributed by atoms with Gasteiger partial charge >= 0.3 is 0 Å². The fourth-order valence-corrected chi connectivity index (χ4v) is 1.60. The first kappa shape index (κ1) is 14.7. The summed E-state index contributed by atoms with van der Waals surface area (Å²) in [6.07, 6.45) is -0.783. The van der Waals surface area contributed by atoms with Crippen molar-refractivity contribution in [3.8, 4) is 0 Å². The minimum atomic E-state index is -1.55. The average molecular weight is 267 g/mol. The summed E-state index contributed by atoms with van der Waals surface area (Å²) in [6, 6.07) is 0.0791. The molecule has 19 heavy (non-hydrogen) atoms. The molecule has 1 heterocycles. The highest BCUT2D eigenvalue weighted by Crippen LogP contribution is 2.13. The number of carbonyl (C=O) groups excluding carboxylic acids is 3. The summed E-state index contributed by atoms with van der Waals surface area (Å²) >= 11 is 0. The van der Waals surface area contributed by atoms with Crippen molar-refractivity contribution in [2.45, 2.75) is 32.7 Å². The highest BCUT2D eigenvalue weighted by molar-refractivity contribution is 5.97. The summed E-state index contributed by atoms with van der Waals surface area (Å²) in [7, 11) is 0. The van der Waals surface area contributed by atoms with Crippen molar-refractivity contribution in [1.29, 1.82) is 0 Å². The highest BCUT2D eigenvalue weighted by atomic mass is 16.4. The monoisotopic (exact) mass is 267 g/mol. The second kappa shape index (κ2) is 6.03. The van der Waals surface area contributed by atoms with Gasteiger partial charge in [-0.15, -0.1) is 0 Å². The third kappa shape index (κ3) is 4.13. The molecule has 0 unspecified atom stereocenters.